The average molecular weight is 297 g/mol. The van der Waals surface area contributed by atoms with E-state index in [1.165, 1.54) is 4.88 Å². The van der Waals surface area contributed by atoms with Crippen LogP contribution in [0.5, 0.6) is 0 Å². The van der Waals surface area contributed by atoms with E-state index in [0.29, 0.717) is 6.04 Å². The average Bonchev–Trinajstić information content (AvgIpc) is 2.98. The van der Waals surface area contributed by atoms with Crippen LogP contribution >= 0.6 is 11.3 Å². The number of aromatic nitrogens is 1. The maximum Gasteiger partial charge on any atom is 0.0745 e. The molecule has 2 N–H and O–H groups in total. The van der Waals surface area contributed by atoms with Crippen molar-refractivity contribution < 1.29 is 0 Å². The van der Waals surface area contributed by atoms with Crippen LogP contribution in [-0.4, -0.2) is 11.0 Å². The summed E-state index contributed by atoms with van der Waals surface area (Å²) < 4.78 is 0. The lowest BCUT2D eigenvalue weighted by atomic mass is 10.1. The fourth-order valence-corrected chi connectivity index (χ4v) is 3.26. The molecule has 1 aromatic carbocycles. The van der Waals surface area contributed by atoms with Gasteiger partial charge in [0, 0.05) is 16.3 Å². The van der Waals surface area contributed by atoms with Crippen molar-refractivity contribution in [2.45, 2.75) is 26.4 Å². The Labute approximate surface area is 129 Å². The van der Waals surface area contributed by atoms with E-state index in [1.54, 1.807) is 17.5 Å². The third-order valence-corrected chi connectivity index (χ3v) is 4.45. The van der Waals surface area contributed by atoms with Gasteiger partial charge in [0.2, 0.25) is 0 Å². The number of pyridine rings is 1. The summed E-state index contributed by atoms with van der Waals surface area (Å²) in [5.74, 6) is 0. The van der Waals surface area contributed by atoms with Crippen molar-refractivity contribution in [1.82, 2.24) is 4.98 Å². The van der Waals surface area contributed by atoms with Crippen LogP contribution in [0.2, 0.25) is 0 Å². The zero-order valence-corrected chi connectivity index (χ0v) is 13.1. The van der Waals surface area contributed by atoms with Gasteiger partial charge in [0.25, 0.3) is 0 Å². The maximum atomic E-state index is 6.25. The first-order chi connectivity index (χ1) is 10.2. The lowest BCUT2D eigenvalue weighted by Crippen LogP contribution is -2.30. The topological polar surface area (TPSA) is 42.1 Å². The predicted molar refractivity (Wildman–Crippen MR) is 91.8 cm³/mol. The SMILES string of the molecule is CC(C)N(Cc1cccs1)c1c(N)cnc2ccccc12. The smallest absolute Gasteiger partial charge is 0.0745 e. The number of hydrogen-bond donors (Lipinski definition) is 1. The van der Waals surface area contributed by atoms with Gasteiger partial charge in [0.15, 0.2) is 0 Å². The van der Waals surface area contributed by atoms with Crippen molar-refractivity contribution in [3.05, 3.63) is 52.9 Å². The Bertz CT molecular complexity index is 735. The van der Waals surface area contributed by atoms with E-state index in [4.69, 9.17) is 5.73 Å². The van der Waals surface area contributed by atoms with Crippen molar-refractivity contribution in [1.29, 1.82) is 0 Å². The number of benzene rings is 1. The fraction of sp³-hybridized carbons (Fsp3) is 0.235. The van der Waals surface area contributed by atoms with E-state index in [-0.39, 0.29) is 0 Å². The Morgan fingerprint density at radius 2 is 2.00 bits per heavy atom. The summed E-state index contributed by atoms with van der Waals surface area (Å²) in [4.78, 5) is 8.12. The van der Waals surface area contributed by atoms with Crippen molar-refractivity contribution in [2.75, 3.05) is 10.6 Å². The van der Waals surface area contributed by atoms with Crippen molar-refractivity contribution in [3.8, 4) is 0 Å². The number of hydrogen-bond acceptors (Lipinski definition) is 4. The first-order valence-corrected chi connectivity index (χ1v) is 7.97. The number of rotatable bonds is 4. The highest BCUT2D eigenvalue weighted by Crippen LogP contribution is 2.34. The van der Waals surface area contributed by atoms with Crippen LogP contribution in [0.15, 0.2) is 48.0 Å². The molecule has 0 radical (unpaired) electrons. The summed E-state index contributed by atoms with van der Waals surface area (Å²) >= 11 is 1.78. The van der Waals surface area contributed by atoms with Gasteiger partial charge in [0.1, 0.15) is 0 Å². The molecule has 0 aliphatic carbocycles. The normalized spacial score (nSPS) is 11.2. The van der Waals surface area contributed by atoms with Crippen molar-refractivity contribution in [2.24, 2.45) is 0 Å². The maximum absolute atomic E-state index is 6.25. The molecule has 2 aromatic heterocycles. The minimum atomic E-state index is 0.361. The van der Waals surface area contributed by atoms with Crippen LogP contribution in [0.25, 0.3) is 10.9 Å². The predicted octanol–water partition coefficient (Wildman–Crippen LogP) is 4.29. The van der Waals surface area contributed by atoms with Crippen molar-refractivity contribution in [3.63, 3.8) is 0 Å². The molecule has 0 saturated heterocycles. The molecule has 0 atom stereocenters. The van der Waals surface area contributed by atoms with Crippen LogP contribution in [-0.2, 0) is 6.54 Å². The van der Waals surface area contributed by atoms with Crippen LogP contribution < -0.4 is 10.6 Å². The molecular formula is C17H19N3S. The zero-order valence-electron chi connectivity index (χ0n) is 12.3. The third kappa shape index (κ3) is 2.72. The van der Waals surface area contributed by atoms with E-state index < -0.39 is 0 Å². The Balaban J connectivity index is 2.12. The van der Waals surface area contributed by atoms with E-state index in [0.717, 1.165) is 28.8 Å². The van der Waals surface area contributed by atoms with Gasteiger partial charge >= 0.3 is 0 Å². The van der Waals surface area contributed by atoms with Gasteiger partial charge in [0.05, 0.1) is 29.6 Å². The van der Waals surface area contributed by atoms with Gasteiger partial charge in [-0.25, -0.2) is 0 Å². The molecule has 0 spiro atoms. The molecular weight excluding hydrogens is 278 g/mol. The van der Waals surface area contributed by atoms with Crippen molar-refractivity contribution >= 4 is 33.6 Å². The first-order valence-electron chi connectivity index (χ1n) is 7.09. The lowest BCUT2D eigenvalue weighted by molar-refractivity contribution is 0.690. The highest BCUT2D eigenvalue weighted by atomic mass is 32.1. The third-order valence-electron chi connectivity index (χ3n) is 3.59. The Morgan fingerprint density at radius 1 is 1.19 bits per heavy atom. The molecule has 108 valence electrons. The molecule has 2 heterocycles. The Hall–Kier alpha value is -2.07. The number of anilines is 2. The highest BCUT2D eigenvalue weighted by molar-refractivity contribution is 7.09. The number of nitrogen functional groups attached to an aromatic ring is 1. The number of nitrogens with zero attached hydrogens (tertiary/aromatic N) is 2. The lowest BCUT2D eigenvalue weighted by Gasteiger charge is -2.30. The Kier molecular flexibility index (Phi) is 3.80. The number of para-hydroxylation sites is 1. The standard InChI is InChI=1S/C17H19N3S/c1-12(2)20(11-13-6-5-9-21-13)17-14-7-3-4-8-16(14)19-10-15(17)18/h3-10,12H,11,18H2,1-2H3. The molecule has 0 fully saturated rings. The summed E-state index contributed by atoms with van der Waals surface area (Å²) in [5.41, 5.74) is 9.06. The minimum Gasteiger partial charge on any atom is -0.396 e. The molecule has 0 bridgehead atoms. The number of nitrogens with two attached hydrogens (primary N) is 1. The van der Waals surface area contributed by atoms with Crippen LogP contribution in [0.4, 0.5) is 11.4 Å². The molecule has 0 aliphatic rings. The van der Waals surface area contributed by atoms with Crippen LogP contribution in [0.1, 0.15) is 18.7 Å². The van der Waals surface area contributed by atoms with E-state index in [2.05, 4.69) is 47.3 Å². The summed E-state index contributed by atoms with van der Waals surface area (Å²) in [6.07, 6.45) is 1.77. The molecule has 0 amide bonds. The molecule has 3 aromatic rings. The fourth-order valence-electron chi connectivity index (χ4n) is 2.55. The molecule has 0 saturated carbocycles. The Morgan fingerprint density at radius 3 is 2.71 bits per heavy atom. The molecule has 0 unspecified atom stereocenters. The molecule has 3 rings (SSSR count). The second-order valence-electron chi connectivity index (χ2n) is 5.38. The second-order valence-corrected chi connectivity index (χ2v) is 6.41. The zero-order chi connectivity index (χ0) is 14.8. The molecule has 4 heteroatoms. The van der Waals surface area contributed by atoms with Gasteiger partial charge in [-0.3, -0.25) is 4.98 Å². The van der Waals surface area contributed by atoms with Gasteiger partial charge in [-0.2, -0.15) is 0 Å². The van der Waals surface area contributed by atoms with Gasteiger partial charge in [-0.1, -0.05) is 24.3 Å². The summed E-state index contributed by atoms with van der Waals surface area (Å²) in [7, 11) is 0. The first kappa shape index (κ1) is 13.9. The summed E-state index contributed by atoms with van der Waals surface area (Å²) in [5, 5.41) is 3.23. The minimum absolute atomic E-state index is 0.361. The van der Waals surface area contributed by atoms with Gasteiger partial charge in [-0.05, 0) is 31.4 Å². The molecule has 0 aliphatic heterocycles. The second kappa shape index (κ2) is 5.74. The van der Waals surface area contributed by atoms with E-state index in [1.807, 2.05) is 18.2 Å². The monoisotopic (exact) mass is 297 g/mol. The number of fused-ring (bicyclic) bond motifs is 1. The van der Waals surface area contributed by atoms with Crippen LogP contribution in [0.3, 0.4) is 0 Å². The quantitative estimate of drug-likeness (QED) is 0.781. The largest absolute Gasteiger partial charge is 0.396 e. The summed E-state index contributed by atoms with van der Waals surface area (Å²) in [6, 6.07) is 12.8. The van der Waals surface area contributed by atoms with Gasteiger partial charge in [-0.15, -0.1) is 11.3 Å². The molecule has 3 nitrogen and oxygen atoms in total. The number of thiophene rings is 1. The highest BCUT2D eigenvalue weighted by Gasteiger charge is 2.18. The van der Waals surface area contributed by atoms with Gasteiger partial charge < -0.3 is 10.6 Å². The summed E-state index contributed by atoms with van der Waals surface area (Å²) in [6.45, 7) is 5.26. The molecule has 21 heavy (non-hydrogen) atoms. The van der Waals surface area contributed by atoms with E-state index in [9.17, 15) is 0 Å². The van der Waals surface area contributed by atoms with Crippen LogP contribution in [0, 0.1) is 0 Å². The van der Waals surface area contributed by atoms with E-state index >= 15 is 0 Å².